The molecule has 1 aromatic carbocycles. The molecule has 20 heavy (non-hydrogen) atoms. The molecule has 0 aromatic heterocycles. The highest BCUT2D eigenvalue weighted by atomic mass is 19.1. The molecule has 2 saturated heterocycles. The van der Waals surface area contributed by atoms with E-state index in [9.17, 15) is 13.9 Å². The second-order valence-electron chi connectivity index (χ2n) is 5.67. The Labute approximate surface area is 116 Å². The Morgan fingerprint density at radius 1 is 1.25 bits per heavy atom. The second-order valence-corrected chi connectivity index (χ2v) is 5.67. The zero-order chi connectivity index (χ0) is 14.2. The highest BCUT2D eigenvalue weighted by Crippen LogP contribution is 2.41. The van der Waals surface area contributed by atoms with Crippen LogP contribution in [0.3, 0.4) is 0 Å². The van der Waals surface area contributed by atoms with Crippen LogP contribution in [0.15, 0.2) is 18.2 Å². The molecule has 1 N–H and O–H groups in total. The van der Waals surface area contributed by atoms with Gasteiger partial charge in [-0.25, -0.2) is 8.78 Å². The summed E-state index contributed by atoms with van der Waals surface area (Å²) in [6, 6.07) is 3.65. The van der Waals surface area contributed by atoms with E-state index < -0.39 is 17.7 Å². The van der Waals surface area contributed by atoms with E-state index in [0.717, 1.165) is 6.42 Å². The first-order valence-electron chi connectivity index (χ1n) is 6.95. The lowest BCUT2D eigenvalue weighted by molar-refractivity contribution is -0.117. The monoisotopic (exact) mass is 284 g/mol. The summed E-state index contributed by atoms with van der Waals surface area (Å²) in [6.07, 6.45) is 0.798. The van der Waals surface area contributed by atoms with Crippen molar-refractivity contribution in [2.45, 2.75) is 31.0 Å². The van der Waals surface area contributed by atoms with Crippen LogP contribution in [-0.4, -0.2) is 30.5 Å². The molecule has 110 valence electrons. The van der Waals surface area contributed by atoms with Gasteiger partial charge in [-0.15, -0.1) is 0 Å². The molecule has 1 aromatic rings. The number of benzene rings is 1. The molecule has 2 fully saturated rings. The maximum atomic E-state index is 13.8. The fourth-order valence-electron chi connectivity index (χ4n) is 3.23. The Kier molecular flexibility index (Phi) is 3.75. The van der Waals surface area contributed by atoms with Crippen molar-refractivity contribution in [3.8, 4) is 0 Å². The van der Waals surface area contributed by atoms with Crippen molar-refractivity contribution in [2.75, 3.05) is 19.8 Å². The van der Waals surface area contributed by atoms with Gasteiger partial charge in [-0.05, 0) is 30.9 Å². The van der Waals surface area contributed by atoms with Crippen molar-refractivity contribution in [2.24, 2.45) is 5.92 Å². The van der Waals surface area contributed by atoms with E-state index in [0.29, 0.717) is 32.7 Å². The van der Waals surface area contributed by atoms with Gasteiger partial charge in [-0.1, -0.05) is 6.07 Å². The van der Waals surface area contributed by atoms with E-state index in [2.05, 4.69) is 0 Å². The Balaban J connectivity index is 1.81. The molecular formula is C15H18F2O3. The Bertz CT molecular complexity index is 466. The van der Waals surface area contributed by atoms with Crippen LogP contribution < -0.4 is 0 Å². The first kappa shape index (κ1) is 13.9. The van der Waals surface area contributed by atoms with Gasteiger partial charge in [0.25, 0.3) is 0 Å². The number of hydrogen-bond donors (Lipinski definition) is 1. The number of ether oxygens (including phenoxy) is 2. The molecule has 3 nitrogen and oxygen atoms in total. The summed E-state index contributed by atoms with van der Waals surface area (Å²) in [4.78, 5) is 0. The van der Waals surface area contributed by atoms with Crippen molar-refractivity contribution >= 4 is 0 Å². The summed E-state index contributed by atoms with van der Waals surface area (Å²) < 4.78 is 38.7. The first-order chi connectivity index (χ1) is 9.61. The number of rotatable bonds is 2. The van der Waals surface area contributed by atoms with Crippen molar-refractivity contribution in [3.63, 3.8) is 0 Å². The van der Waals surface area contributed by atoms with E-state index in [1.165, 1.54) is 18.2 Å². The molecule has 3 unspecified atom stereocenters. The number of hydrogen-bond acceptors (Lipinski definition) is 3. The summed E-state index contributed by atoms with van der Waals surface area (Å²) in [7, 11) is 0. The predicted octanol–water partition coefficient (Wildman–Crippen LogP) is 2.58. The maximum absolute atomic E-state index is 13.8. The molecule has 5 heteroatoms. The second kappa shape index (κ2) is 5.39. The van der Waals surface area contributed by atoms with E-state index >= 15 is 0 Å². The molecule has 2 aliphatic heterocycles. The van der Waals surface area contributed by atoms with Crippen molar-refractivity contribution in [1.82, 2.24) is 0 Å². The molecule has 0 radical (unpaired) electrons. The van der Waals surface area contributed by atoms with Gasteiger partial charge in [0.1, 0.15) is 11.6 Å². The minimum absolute atomic E-state index is 0.211. The molecule has 3 rings (SSSR count). The van der Waals surface area contributed by atoms with Crippen LogP contribution >= 0.6 is 0 Å². The maximum Gasteiger partial charge on any atom is 0.131 e. The van der Waals surface area contributed by atoms with E-state index in [4.69, 9.17) is 9.47 Å². The standard InChI is InChI=1S/C15H18F2O3/c16-11-2-1-3-12(17)13(11)14(18)10-4-6-20-15(8-10)5-7-19-9-15/h1-3,10,14,18H,4-9H2. The van der Waals surface area contributed by atoms with Gasteiger partial charge < -0.3 is 14.6 Å². The fraction of sp³-hybridized carbons (Fsp3) is 0.600. The normalized spacial score (nSPS) is 31.6. The lowest BCUT2D eigenvalue weighted by Gasteiger charge is -2.39. The molecule has 0 bridgehead atoms. The number of aliphatic hydroxyl groups is 1. The smallest absolute Gasteiger partial charge is 0.131 e. The third kappa shape index (κ3) is 2.45. The summed E-state index contributed by atoms with van der Waals surface area (Å²) >= 11 is 0. The predicted molar refractivity (Wildman–Crippen MR) is 68.2 cm³/mol. The van der Waals surface area contributed by atoms with Crippen LogP contribution in [0, 0.1) is 17.6 Å². The highest BCUT2D eigenvalue weighted by molar-refractivity contribution is 5.23. The Morgan fingerprint density at radius 2 is 2.00 bits per heavy atom. The van der Waals surface area contributed by atoms with Gasteiger partial charge in [0.2, 0.25) is 0 Å². The summed E-state index contributed by atoms with van der Waals surface area (Å²) in [5, 5.41) is 10.4. The largest absolute Gasteiger partial charge is 0.388 e. The van der Waals surface area contributed by atoms with Gasteiger partial charge in [-0.2, -0.15) is 0 Å². The summed E-state index contributed by atoms with van der Waals surface area (Å²) in [6.45, 7) is 1.62. The lowest BCUT2D eigenvalue weighted by atomic mass is 9.80. The third-order valence-corrected chi connectivity index (χ3v) is 4.34. The van der Waals surface area contributed by atoms with Crippen molar-refractivity contribution < 1.29 is 23.4 Å². The molecule has 0 saturated carbocycles. The average Bonchev–Trinajstić information content (AvgIpc) is 2.86. The minimum Gasteiger partial charge on any atom is -0.388 e. The van der Waals surface area contributed by atoms with Crippen molar-refractivity contribution in [3.05, 3.63) is 35.4 Å². The topological polar surface area (TPSA) is 38.7 Å². The highest BCUT2D eigenvalue weighted by Gasteiger charge is 2.43. The average molecular weight is 284 g/mol. The number of aliphatic hydroxyl groups excluding tert-OH is 1. The zero-order valence-corrected chi connectivity index (χ0v) is 11.1. The minimum atomic E-state index is -1.14. The third-order valence-electron chi connectivity index (χ3n) is 4.34. The van der Waals surface area contributed by atoms with Crippen LogP contribution in [0.2, 0.25) is 0 Å². The fourth-order valence-corrected chi connectivity index (χ4v) is 3.23. The van der Waals surface area contributed by atoms with Crippen molar-refractivity contribution in [1.29, 1.82) is 0 Å². The van der Waals surface area contributed by atoms with Crippen LogP contribution in [-0.2, 0) is 9.47 Å². The zero-order valence-electron chi connectivity index (χ0n) is 11.1. The molecule has 0 amide bonds. The summed E-state index contributed by atoms with van der Waals surface area (Å²) in [5.74, 6) is -1.60. The Morgan fingerprint density at radius 3 is 2.65 bits per heavy atom. The van der Waals surface area contributed by atoms with Gasteiger partial charge in [0.05, 0.1) is 23.9 Å². The van der Waals surface area contributed by atoms with E-state index in [1.807, 2.05) is 0 Å². The van der Waals surface area contributed by atoms with Crippen LogP contribution in [0.4, 0.5) is 8.78 Å². The SMILES string of the molecule is OC(c1c(F)cccc1F)C1CCOC2(CCOC2)C1. The molecule has 1 spiro atoms. The summed E-state index contributed by atoms with van der Waals surface area (Å²) in [5.41, 5.74) is -0.612. The molecule has 0 aliphatic carbocycles. The van der Waals surface area contributed by atoms with E-state index in [-0.39, 0.29) is 17.1 Å². The molecular weight excluding hydrogens is 266 g/mol. The van der Waals surface area contributed by atoms with Crippen LogP contribution in [0.1, 0.15) is 30.9 Å². The van der Waals surface area contributed by atoms with Gasteiger partial charge in [-0.3, -0.25) is 0 Å². The van der Waals surface area contributed by atoms with Gasteiger partial charge in [0.15, 0.2) is 0 Å². The number of halogens is 2. The van der Waals surface area contributed by atoms with Crippen LogP contribution in [0.25, 0.3) is 0 Å². The molecule has 2 heterocycles. The van der Waals surface area contributed by atoms with Gasteiger partial charge in [0, 0.05) is 19.6 Å². The Hall–Kier alpha value is -1.04. The molecule has 3 atom stereocenters. The molecule has 2 aliphatic rings. The van der Waals surface area contributed by atoms with Gasteiger partial charge >= 0.3 is 0 Å². The lowest BCUT2D eigenvalue weighted by Crippen LogP contribution is -2.42. The van der Waals surface area contributed by atoms with Crippen LogP contribution in [0.5, 0.6) is 0 Å². The van der Waals surface area contributed by atoms with E-state index in [1.54, 1.807) is 0 Å². The first-order valence-corrected chi connectivity index (χ1v) is 6.95. The quantitative estimate of drug-likeness (QED) is 0.907.